The third-order valence-electron chi connectivity index (χ3n) is 5.03. The van der Waals surface area contributed by atoms with Gasteiger partial charge in [0, 0.05) is 37.1 Å². The Morgan fingerprint density at radius 3 is 2.69 bits per heavy atom. The topological polar surface area (TPSA) is 81.0 Å². The summed E-state index contributed by atoms with van der Waals surface area (Å²) in [5.41, 5.74) is 1.05. The molecule has 7 nitrogen and oxygen atoms in total. The number of carbonyl (C=O) groups excluding carboxylic acids is 1. The number of sulfonamides is 1. The van der Waals surface area contributed by atoms with Gasteiger partial charge in [-0.1, -0.05) is 11.3 Å². The van der Waals surface area contributed by atoms with E-state index in [4.69, 9.17) is 4.74 Å². The van der Waals surface area contributed by atoms with E-state index in [2.05, 4.69) is 23.2 Å². The molecular weight excluding hydrogens is 430 g/mol. The molecule has 0 atom stereocenters. The van der Waals surface area contributed by atoms with Crippen molar-refractivity contribution >= 4 is 49.2 Å². The van der Waals surface area contributed by atoms with Crippen LogP contribution in [0.2, 0.25) is 0 Å². The Morgan fingerprint density at radius 1 is 1.34 bits per heavy atom. The summed E-state index contributed by atoms with van der Waals surface area (Å²) in [5.74, 6) is -0.403. The Labute approximate surface area is 179 Å². The van der Waals surface area contributed by atoms with Crippen molar-refractivity contribution in [2.75, 3.05) is 38.8 Å². The highest BCUT2D eigenvalue weighted by Gasteiger charge is 2.29. The molecule has 1 amide bonds. The monoisotopic (exact) mass is 457 g/mol. The minimum Gasteiger partial charge on any atom is -0.380 e. The predicted molar refractivity (Wildman–Crippen MR) is 118 cm³/mol. The van der Waals surface area contributed by atoms with Crippen molar-refractivity contribution in [3.8, 4) is 0 Å². The summed E-state index contributed by atoms with van der Waals surface area (Å²) in [6.45, 7) is 4.53. The lowest BCUT2D eigenvalue weighted by molar-refractivity contribution is -0.122. The summed E-state index contributed by atoms with van der Waals surface area (Å²) >= 11 is 3.19. The normalized spacial score (nSPS) is 17.3. The predicted octanol–water partition coefficient (Wildman–Crippen LogP) is 2.56. The van der Waals surface area contributed by atoms with E-state index < -0.39 is 10.0 Å². The van der Waals surface area contributed by atoms with Gasteiger partial charge in [0.15, 0.2) is 4.80 Å². The molecule has 1 aliphatic rings. The van der Waals surface area contributed by atoms with Crippen LogP contribution in [0.3, 0.4) is 0 Å². The van der Waals surface area contributed by atoms with Crippen molar-refractivity contribution in [1.29, 1.82) is 0 Å². The number of piperidine rings is 1. The lowest BCUT2D eigenvalue weighted by Crippen LogP contribution is -2.39. The second-order valence-electron chi connectivity index (χ2n) is 6.95. The highest BCUT2D eigenvalue weighted by atomic mass is 32.2. The number of nitrogens with zero attached hydrogens (tertiary/aromatic N) is 3. The zero-order valence-electron chi connectivity index (χ0n) is 17.0. The van der Waals surface area contributed by atoms with Crippen LogP contribution >= 0.6 is 23.1 Å². The van der Waals surface area contributed by atoms with Gasteiger partial charge < -0.3 is 9.30 Å². The van der Waals surface area contributed by atoms with Crippen molar-refractivity contribution < 1.29 is 17.9 Å². The fourth-order valence-electron chi connectivity index (χ4n) is 3.40. The molecule has 1 fully saturated rings. The van der Waals surface area contributed by atoms with Crippen LogP contribution in [0.1, 0.15) is 19.8 Å². The zero-order chi connectivity index (χ0) is 21.0. The van der Waals surface area contributed by atoms with E-state index in [0.717, 1.165) is 10.2 Å². The zero-order valence-corrected chi connectivity index (χ0v) is 19.4. The Kier molecular flexibility index (Phi) is 7.55. The third kappa shape index (κ3) is 5.49. The number of hydrogen-bond donors (Lipinski definition) is 0. The van der Waals surface area contributed by atoms with Crippen molar-refractivity contribution in [3.63, 3.8) is 0 Å². The average molecular weight is 458 g/mol. The van der Waals surface area contributed by atoms with E-state index in [1.165, 1.54) is 26.8 Å². The first-order valence-corrected chi connectivity index (χ1v) is 13.5. The van der Waals surface area contributed by atoms with E-state index in [9.17, 15) is 13.2 Å². The number of thiazole rings is 1. The van der Waals surface area contributed by atoms with Crippen molar-refractivity contribution in [1.82, 2.24) is 8.87 Å². The number of benzene rings is 1. The Morgan fingerprint density at radius 2 is 2.07 bits per heavy atom. The van der Waals surface area contributed by atoms with Gasteiger partial charge in [0.05, 0.1) is 23.1 Å². The second kappa shape index (κ2) is 9.74. The van der Waals surface area contributed by atoms with E-state index in [1.54, 1.807) is 11.8 Å². The lowest BCUT2D eigenvalue weighted by Gasteiger charge is -2.28. The number of ether oxygens (including phenoxy) is 1. The quantitative estimate of drug-likeness (QED) is 0.472. The highest BCUT2D eigenvalue weighted by molar-refractivity contribution is 7.98. The Bertz CT molecular complexity index is 1030. The Balaban J connectivity index is 1.87. The van der Waals surface area contributed by atoms with E-state index in [0.29, 0.717) is 50.5 Å². The first kappa shape index (κ1) is 22.5. The van der Waals surface area contributed by atoms with Gasteiger partial charge in [0.2, 0.25) is 10.0 Å². The molecular formula is C19H27N3O4S3. The number of carbonyl (C=O) groups is 1. The maximum atomic E-state index is 12.8. The summed E-state index contributed by atoms with van der Waals surface area (Å²) in [7, 11) is -3.20. The molecule has 0 saturated carbocycles. The summed E-state index contributed by atoms with van der Waals surface area (Å²) in [4.78, 5) is 19.1. The first-order valence-electron chi connectivity index (χ1n) is 9.62. The highest BCUT2D eigenvalue weighted by Crippen LogP contribution is 2.25. The van der Waals surface area contributed by atoms with Gasteiger partial charge in [0.1, 0.15) is 0 Å². The van der Waals surface area contributed by atoms with Gasteiger partial charge in [0.25, 0.3) is 5.91 Å². The molecule has 29 heavy (non-hydrogen) atoms. The van der Waals surface area contributed by atoms with Crippen molar-refractivity contribution in [2.24, 2.45) is 10.9 Å². The Hall–Kier alpha value is -1.20. The molecule has 2 heterocycles. The minimum atomic E-state index is -3.20. The second-order valence-corrected chi connectivity index (χ2v) is 10.8. The number of aromatic nitrogens is 1. The smallest absolute Gasteiger partial charge is 0.251 e. The van der Waals surface area contributed by atoms with E-state index >= 15 is 0 Å². The first-order chi connectivity index (χ1) is 13.8. The molecule has 0 aliphatic carbocycles. The van der Waals surface area contributed by atoms with Crippen LogP contribution in [0, 0.1) is 5.92 Å². The summed E-state index contributed by atoms with van der Waals surface area (Å²) in [6.07, 6.45) is 4.27. The molecule has 0 N–H and O–H groups in total. The van der Waals surface area contributed by atoms with Gasteiger partial charge in [-0.15, -0.1) is 11.8 Å². The van der Waals surface area contributed by atoms with Crippen LogP contribution in [0.4, 0.5) is 0 Å². The van der Waals surface area contributed by atoms with Crippen LogP contribution in [0.25, 0.3) is 10.2 Å². The number of rotatable bonds is 7. The maximum Gasteiger partial charge on any atom is 0.251 e. The standard InChI is InChI=1S/C19H27N3O4S3/c1-4-26-12-11-22-16-6-5-15(27-2)13-17(16)28-19(22)20-18(23)14-7-9-21(10-8-14)29(3,24)25/h5-6,13-14H,4,7-12H2,1-3H3. The molecule has 1 saturated heterocycles. The maximum absolute atomic E-state index is 12.8. The van der Waals surface area contributed by atoms with Crippen LogP contribution in [-0.2, 0) is 26.1 Å². The number of fused-ring (bicyclic) bond motifs is 1. The molecule has 0 spiro atoms. The lowest BCUT2D eigenvalue weighted by atomic mass is 9.98. The van der Waals surface area contributed by atoms with Crippen molar-refractivity contribution in [3.05, 3.63) is 23.0 Å². The SMILES string of the molecule is CCOCCn1c(=NC(=O)C2CCN(S(C)(=O)=O)CC2)sc2cc(SC)ccc21. The molecule has 1 aromatic heterocycles. The van der Waals surface area contributed by atoms with Crippen LogP contribution in [-0.4, -0.2) is 62.0 Å². The number of hydrogen-bond acceptors (Lipinski definition) is 6. The largest absolute Gasteiger partial charge is 0.380 e. The molecule has 0 radical (unpaired) electrons. The van der Waals surface area contributed by atoms with Gasteiger partial charge in [-0.05, 0) is 44.2 Å². The molecule has 1 aliphatic heterocycles. The number of thioether (sulfide) groups is 1. The average Bonchev–Trinajstić information content (AvgIpc) is 3.03. The molecule has 0 bridgehead atoms. The van der Waals surface area contributed by atoms with Gasteiger partial charge in [-0.25, -0.2) is 12.7 Å². The molecule has 2 aromatic rings. The van der Waals surface area contributed by atoms with Gasteiger partial charge in [-0.3, -0.25) is 4.79 Å². The van der Waals surface area contributed by atoms with Gasteiger partial charge in [-0.2, -0.15) is 4.99 Å². The molecule has 10 heteroatoms. The summed E-state index contributed by atoms with van der Waals surface area (Å²) in [5, 5.41) is 0. The molecule has 160 valence electrons. The molecule has 3 rings (SSSR count). The third-order valence-corrected chi connectivity index (χ3v) is 8.10. The number of amides is 1. The van der Waals surface area contributed by atoms with E-state index in [1.807, 2.05) is 17.7 Å². The van der Waals surface area contributed by atoms with Crippen LogP contribution in [0.5, 0.6) is 0 Å². The fourth-order valence-corrected chi connectivity index (χ4v) is 5.89. The minimum absolute atomic E-state index is 0.167. The van der Waals surface area contributed by atoms with E-state index in [-0.39, 0.29) is 11.8 Å². The van der Waals surface area contributed by atoms with Gasteiger partial charge >= 0.3 is 0 Å². The van der Waals surface area contributed by atoms with Crippen molar-refractivity contribution in [2.45, 2.75) is 31.2 Å². The molecule has 1 aromatic carbocycles. The van der Waals surface area contributed by atoms with Crippen LogP contribution in [0.15, 0.2) is 28.1 Å². The summed E-state index contributed by atoms with van der Waals surface area (Å²) < 4.78 is 33.4. The van der Waals surface area contributed by atoms with Crippen LogP contribution < -0.4 is 4.80 Å². The fraction of sp³-hybridized carbons (Fsp3) is 0.579. The molecule has 0 unspecified atom stereocenters. The summed E-state index contributed by atoms with van der Waals surface area (Å²) in [6, 6.07) is 6.26.